The lowest BCUT2D eigenvalue weighted by molar-refractivity contribution is -0.125. The van der Waals surface area contributed by atoms with Crippen LogP contribution >= 0.6 is 0 Å². The lowest BCUT2D eigenvalue weighted by atomic mass is 10.1. The van der Waals surface area contributed by atoms with Gasteiger partial charge in [0.2, 0.25) is 11.8 Å². The zero-order chi connectivity index (χ0) is 22.1. The molecule has 0 spiro atoms. The third kappa shape index (κ3) is 4.15. The number of fused-ring (bicyclic) bond motifs is 2. The monoisotopic (exact) mass is 419 g/mol. The Balaban J connectivity index is 1.48. The van der Waals surface area contributed by atoms with E-state index < -0.39 is 6.04 Å². The van der Waals surface area contributed by atoms with Crippen LogP contribution in [0.25, 0.3) is 17.0 Å². The first kappa shape index (κ1) is 20.6. The van der Waals surface area contributed by atoms with E-state index in [0.717, 1.165) is 27.8 Å². The number of nitrogens with two attached hydrogens (primary N) is 2. The van der Waals surface area contributed by atoms with Crippen LogP contribution in [0.3, 0.4) is 0 Å². The minimum absolute atomic E-state index is 0.150. The van der Waals surface area contributed by atoms with Crippen molar-refractivity contribution in [3.05, 3.63) is 59.0 Å². The fourth-order valence-corrected chi connectivity index (χ4v) is 3.69. The molecule has 31 heavy (non-hydrogen) atoms. The summed E-state index contributed by atoms with van der Waals surface area (Å²) < 4.78 is 5.79. The molecule has 0 radical (unpaired) electrons. The molecule has 0 saturated carbocycles. The van der Waals surface area contributed by atoms with Crippen molar-refractivity contribution >= 4 is 40.4 Å². The Labute approximate surface area is 179 Å². The number of carbonyl (C=O) groups is 2. The average molecular weight is 419 g/mol. The molecular formula is C23H25N5O3. The average Bonchev–Trinajstić information content (AvgIpc) is 2.99. The number of amides is 2. The second-order valence-corrected chi connectivity index (χ2v) is 7.80. The molecule has 1 unspecified atom stereocenters. The zero-order valence-electron chi connectivity index (χ0n) is 17.5. The van der Waals surface area contributed by atoms with E-state index >= 15 is 0 Å². The molecule has 3 heterocycles. The van der Waals surface area contributed by atoms with Crippen molar-refractivity contribution in [2.24, 2.45) is 5.73 Å². The minimum atomic E-state index is -0.541. The SMILES string of the molecule is Cc1oc2c(N)cccc2c1CN(C)C(=O)/C=C/c1cnc2c(c1)CCC(N)C(=O)N2. The van der Waals surface area contributed by atoms with Gasteiger partial charge in [-0.15, -0.1) is 0 Å². The number of benzene rings is 1. The summed E-state index contributed by atoms with van der Waals surface area (Å²) in [6.07, 6.45) is 6.05. The quantitative estimate of drug-likeness (QED) is 0.441. The predicted molar refractivity (Wildman–Crippen MR) is 120 cm³/mol. The number of anilines is 2. The first-order chi connectivity index (χ1) is 14.8. The van der Waals surface area contributed by atoms with Gasteiger partial charge < -0.3 is 26.1 Å². The molecule has 2 aromatic heterocycles. The second-order valence-electron chi connectivity index (χ2n) is 7.80. The summed E-state index contributed by atoms with van der Waals surface area (Å²) in [5.41, 5.74) is 15.7. The molecule has 8 nitrogen and oxygen atoms in total. The van der Waals surface area contributed by atoms with E-state index in [2.05, 4.69) is 10.3 Å². The third-order valence-electron chi connectivity index (χ3n) is 5.53. The molecule has 1 aliphatic rings. The number of aryl methyl sites for hydroxylation is 2. The number of likely N-dealkylation sites (N-methyl/N-ethyl adjacent to an activating group) is 1. The molecule has 1 aromatic carbocycles. The molecule has 4 rings (SSSR count). The van der Waals surface area contributed by atoms with Gasteiger partial charge in [0, 0.05) is 36.8 Å². The Morgan fingerprint density at radius 2 is 2.23 bits per heavy atom. The Morgan fingerprint density at radius 1 is 1.42 bits per heavy atom. The van der Waals surface area contributed by atoms with Gasteiger partial charge in [-0.05, 0) is 49.1 Å². The number of rotatable bonds is 4. The van der Waals surface area contributed by atoms with Gasteiger partial charge in [0.1, 0.15) is 11.6 Å². The highest BCUT2D eigenvalue weighted by atomic mass is 16.3. The number of nitrogens with one attached hydrogen (secondary N) is 1. The molecule has 0 aliphatic carbocycles. The van der Waals surface area contributed by atoms with Crippen LogP contribution in [-0.4, -0.2) is 34.8 Å². The van der Waals surface area contributed by atoms with Crippen molar-refractivity contribution in [2.75, 3.05) is 18.1 Å². The van der Waals surface area contributed by atoms with E-state index in [1.807, 2.05) is 25.1 Å². The van der Waals surface area contributed by atoms with E-state index in [4.69, 9.17) is 15.9 Å². The fraction of sp³-hybridized carbons (Fsp3) is 0.261. The molecule has 1 atom stereocenters. The van der Waals surface area contributed by atoms with E-state index in [0.29, 0.717) is 36.5 Å². The smallest absolute Gasteiger partial charge is 0.246 e. The highest BCUT2D eigenvalue weighted by Gasteiger charge is 2.21. The lowest BCUT2D eigenvalue weighted by Crippen LogP contribution is -2.34. The van der Waals surface area contributed by atoms with Crippen LogP contribution in [0.2, 0.25) is 0 Å². The van der Waals surface area contributed by atoms with Gasteiger partial charge in [0.25, 0.3) is 0 Å². The minimum Gasteiger partial charge on any atom is -0.459 e. The predicted octanol–water partition coefficient (Wildman–Crippen LogP) is 2.60. The summed E-state index contributed by atoms with van der Waals surface area (Å²) in [5, 5.41) is 3.65. The molecule has 3 aromatic rings. The summed E-state index contributed by atoms with van der Waals surface area (Å²) in [4.78, 5) is 30.5. The van der Waals surface area contributed by atoms with Crippen LogP contribution in [-0.2, 0) is 22.6 Å². The van der Waals surface area contributed by atoms with Crippen molar-refractivity contribution in [2.45, 2.75) is 32.4 Å². The Bertz CT molecular complexity index is 1200. The maximum absolute atomic E-state index is 12.7. The van der Waals surface area contributed by atoms with Crippen molar-refractivity contribution in [3.8, 4) is 0 Å². The number of aromatic nitrogens is 1. The molecule has 1 aliphatic heterocycles. The van der Waals surface area contributed by atoms with E-state index in [-0.39, 0.29) is 11.8 Å². The van der Waals surface area contributed by atoms with Gasteiger partial charge >= 0.3 is 0 Å². The molecule has 8 heteroatoms. The maximum Gasteiger partial charge on any atom is 0.246 e. The number of nitrogens with zero attached hydrogens (tertiary/aromatic N) is 2. The van der Waals surface area contributed by atoms with Crippen molar-refractivity contribution in [1.82, 2.24) is 9.88 Å². The Kier molecular flexibility index (Phi) is 5.48. The van der Waals surface area contributed by atoms with Crippen molar-refractivity contribution in [1.29, 1.82) is 0 Å². The van der Waals surface area contributed by atoms with Gasteiger partial charge in [-0.1, -0.05) is 12.1 Å². The van der Waals surface area contributed by atoms with Crippen LogP contribution in [0.5, 0.6) is 0 Å². The van der Waals surface area contributed by atoms with Gasteiger partial charge in [-0.25, -0.2) is 4.98 Å². The van der Waals surface area contributed by atoms with Crippen LogP contribution in [0.15, 0.2) is 41.0 Å². The number of furan rings is 1. The molecule has 5 N–H and O–H groups in total. The summed E-state index contributed by atoms with van der Waals surface area (Å²) in [6.45, 7) is 2.27. The third-order valence-corrected chi connectivity index (χ3v) is 5.53. The largest absolute Gasteiger partial charge is 0.459 e. The number of carbonyl (C=O) groups excluding carboxylic acids is 2. The summed E-state index contributed by atoms with van der Waals surface area (Å²) in [7, 11) is 1.74. The number of nitrogen functional groups attached to an aromatic ring is 1. The summed E-state index contributed by atoms with van der Waals surface area (Å²) >= 11 is 0. The molecule has 160 valence electrons. The van der Waals surface area contributed by atoms with Crippen molar-refractivity contribution in [3.63, 3.8) is 0 Å². The molecule has 0 bridgehead atoms. The Morgan fingerprint density at radius 3 is 3.03 bits per heavy atom. The van der Waals surface area contributed by atoms with Crippen LogP contribution in [0, 0.1) is 6.92 Å². The maximum atomic E-state index is 12.7. The second kappa shape index (κ2) is 8.23. The van der Waals surface area contributed by atoms with E-state index in [9.17, 15) is 9.59 Å². The van der Waals surface area contributed by atoms with Gasteiger partial charge in [0.15, 0.2) is 5.58 Å². The fourth-order valence-electron chi connectivity index (χ4n) is 3.69. The van der Waals surface area contributed by atoms with Gasteiger partial charge in [-0.3, -0.25) is 9.59 Å². The Hall–Kier alpha value is -3.65. The van der Waals surface area contributed by atoms with Crippen molar-refractivity contribution < 1.29 is 14.0 Å². The summed E-state index contributed by atoms with van der Waals surface area (Å²) in [6, 6.07) is 6.98. The number of hydrogen-bond donors (Lipinski definition) is 3. The molecule has 0 saturated heterocycles. The van der Waals surface area contributed by atoms with Crippen LogP contribution in [0.1, 0.15) is 28.9 Å². The molecular weight excluding hydrogens is 394 g/mol. The van der Waals surface area contributed by atoms with Gasteiger partial charge in [0.05, 0.1) is 11.7 Å². The summed E-state index contributed by atoms with van der Waals surface area (Å²) in [5.74, 6) is 0.893. The molecule has 2 amide bonds. The highest BCUT2D eigenvalue weighted by molar-refractivity contribution is 5.96. The zero-order valence-corrected chi connectivity index (χ0v) is 17.5. The topological polar surface area (TPSA) is 127 Å². The highest BCUT2D eigenvalue weighted by Crippen LogP contribution is 2.30. The number of hydrogen-bond acceptors (Lipinski definition) is 6. The normalized spacial score (nSPS) is 16.2. The number of pyridine rings is 1. The van der Waals surface area contributed by atoms with E-state index in [1.165, 1.54) is 6.08 Å². The van der Waals surface area contributed by atoms with Crippen LogP contribution in [0.4, 0.5) is 11.5 Å². The first-order valence-corrected chi connectivity index (χ1v) is 10.1. The standard InChI is InChI=1S/C23H25N5O3/c1-13-17(16-4-3-5-18(24)21(16)31-13)12-28(2)20(29)9-6-14-10-15-7-8-19(25)23(30)27-22(15)26-11-14/h3-6,9-11,19H,7-8,12,24-25H2,1-2H3,(H,26,27,30)/b9-6+. The lowest BCUT2D eigenvalue weighted by Gasteiger charge is -2.15. The first-order valence-electron chi connectivity index (χ1n) is 10.1. The number of para-hydroxylation sites is 1. The van der Waals surface area contributed by atoms with Crippen LogP contribution < -0.4 is 16.8 Å². The van der Waals surface area contributed by atoms with Gasteiger partial charge in [-0.2, -0.15) is 0 Å². The van der Waals surface area contributed by atoms with E-state index in [1.54, 1.807) is 30.3 Å². The molecule has 0 fully saturated rings.